The standard InChI is InChI=1S/C21H28ClO5PSi/c1-21(2,3)29(18-10-6-4-7-11-18,19-12-8-5-9-13-19)27-17(14-20(23)24)15-28(25)26-16-22/h4-13,17,28H,14-16H2,1-3H3,(H,23,24). The van der Waals surface area contributed by atoms with Crippen LogP contribution in [0.4, 0.5) is 0 Å². The molecule has 0 aliphatic carbocycles. The summed E-state index contributed by atoms with van der Waals surface area (Å²) in [5.74, 6) is -1.01. The molecule has 1 N–H and O–H groups in total. The summed E-state index contributed by atoms with van der Waals surface area (Å²) in [6, 6.07) is 19.6. The third-order valence-corrected chi connectivity index (χ3v) is 11.4. The molecule has 2 atom stereocenters. The van der Waals surface area contributed by atoms with Gasteiger partial charge < -0.3 is 14.1 Å². The van der Waals surface area contributed by atoms with E-state index in [1.807, 2.05) is 60.7 Å². The topological polar surface area (TPSA) is 72.8 Å². The van der Waals surface area contributed by atoms with Crippen LogP contribution in [-0.2, 0) is 18.3 Å². The highest BCUT2D eigenvalue weighted by atomic mass is 35.5. The summed E-state index contributed by atoms with van der Waals surface area (Å²) in [5.41, 5.74) is 0. The molecule has 0 heterocycles. The Morgan fingerprint density at radius 2 is 1.55 bits per heavy atom. The molecule has 2 unspecified atom stereocenters. The number of aliphatic carboxylic acids is 1. The van der Waals surface area contributed by atoms with Crippen LogP contribution in [0.5, 0.6) is 0 Å². The Morgan fingerprint density at radius 1 is 1.07 bits per heavy atom. The summed E-state index contributed by atoms with van der Waals surface area (Å²) in [4.78, 5) is 11.5. The second kappa shape index (κ2) is 10.6. The van der Waals surface area contributed by atoms with Gasteiger partial charge in [0.05, 0.1) is 12.5 Å². The average Bonchev–Trinajstić information content (AvgIpc) is 2.66. The van der Waals surface area contributed by atoms with E-state index in [1.54, 1.807) is 0 Å². The Labute approximate surface area is 179 Å². The SMILES string of the molecule is CC(C)(C)[Si](OC(CC(=O)O)C[PH](=O)OCCl)(c1ccccc1)c1ccccc1. The molecule has 0 aliphatic rings. The lowest BCUT2D eigenvalue weighted by atomic mass is 10.2. The van der Waals surface area contributed by atoms with Crippen molar-refractivity contribution in [3.05, 3.63) is 60.7 Å². The predicted molar refractivity (Wildman–Crippen MR) is 120 cm³/mol. The summed E-state index contributed by atoms with van der Waals surface area (Å²) in [7, 11) is -5.46. The minimum Gasteiger partial charge on any atom is -0.481 e. The van der Waals surface area contributed by atoms with Gasteiger partial charge in [0.25, 0.3) is 8.32 Å². The van der Waals surface area contributed by atoms with E-state index in [0.717, 1.165) is 10.4 Å². The molecule has 2 rings (SSSR count). The molecule has 158 valence electrons. The van der Waals surface area contributed by atoms with E-state index in [0.29, 0.717) is 0 Å². The molecule has 0 saturated heterocycles. The molecule has 0 fully saturated rings. The Morgan fingerprint density at radius 3 is 1.93 bits per heavy atom. The number of carboxylic acid groups (broad SMARTS) is 1. The van der Waals surface area contributed by atoms with E-state index < -0.39 is 28.4 Å². The maximum absolute atomic E-state index is 12.3. The van der Waals surface area contributed by atoms with Crippen LogP contribution in [0.15, 0.2) is 60.7 Å². The van der Waals surface area contributed by atoms with Gasteiger partial charge in [0.2, 0.25) is 0 Å². The van der Waals surface area contributed by atoms with Crippen molar-refractivity contribution in [2.75, 3.05) is 12.2 Å². The molecule has 0 amide bonds. The molecule has 0 spiro atoms. The van der Waals surface area contributed by atoms with Crippen molar-refractivity contribution in [1.82, 2.24) is 0 Å². The fraction of sp³-hybridized carbons (Fsp3) is 0.381. The summed E-state index contributed by atoms with van der Waals surface area (Å²) >= 11 is 5.54. The van der Waals surface area contributed by atoms with E-state index in [1.165, 1.54) is 0 Å². The first-order valence-corrected chi connectivity index (χ1v) is 13.4. The fourth-order valence-corrected chi connectivity index (χ4v) is 9.65. The van der Waals surface area contributed by atoms with Gasteiger partial charge in [-0.15, -0.1) is 0 Å². The molecule has 0 saturated carbocycles. The van der Waals surface area contributed by atoms with Gasteiger partial charge in [-0.05, 0) is 15.4 Å². The van der Waals surface area contributed by atoms with Crippen molar-refractivity contribution < 1.29 is 23.4 Å². The minimum absolute atomic E-state index is 0.00812. The van der Waals surface area contributed by atoms with Crippen LogP contribution in [0.3, 0.4) is 0 Å². The van der Waals surface area contributed by atoms with Crippen LogP contribution in [0, 0.1) is 0 Å². The summed E-state index contributed by atoms with van der Waals surface area (Å²) < 4.78 is 24.0. The van der Waals surface area contributed by atoms with Gasteiger partial charge in [-0.25, -0.2) is 0 Å². The average molecular weight is 455 g/mol. The summed E-state index contributed by atoms with van der Waals surface area (Å²) in [6.45, 7) is 6.32. The molecular weight excluding hydrogens is 427 g/mol. The number of hydrogen-bond donors (Lipinski definition) is 1. The van der Waals surface area contributed by atoms with Gasteiger partial charge >= 0.3 is 5.97 Å². The fourth-order valence-electron chi connectivity index (χ4n) is 3.60. The predicted octanol–water partition coefficient (Wildman–Crippen LogP) is 4.09. The highest BCUT2D eigenvalue weighted by Crippen LogP contribution is 2.39. The Hall–Kier alpha value is -1.43. The van der Waals surface area contributed by atoms with Crippen LogP contribution < -0.4 is 10.4 Å². The van der Waals surface area contributed by atoms with E-state index in [9.17, 15) is 14.5 Å². The van der Waals surface area contributed by atoms with Gasteiger partial charge in [-0.3, -0.25) is 9.36 Å². The highest BCUT2D eigenvalue weighted by molar-refractivity contribution is 7.39. The van der Waals surface area contributed by atoms with Gasteiger partial charge in [-0.1, -0.05) is 93.0 Å². The number of hydrogen-bond acceptors (Lipinski definition) is 4. The van der Waals surface area contributed by atoms with E-state index >= 15 is 0 Å². The molecular formula is C21H28ClO5PSi. The molecule has 0 bridgehead atoms. The number of carbonyl (C=O) groups is 1. The number of rotatable bonds is 10. The highest BCUT2D eigenvalue weighted by Gasteiger charge is 2.51. The molecule has 29 heavy (non-hydrogen) atoms. The maximum Gasteiger partial charge on any atom is 0.305 e. The third-order valence-electron chi connectivity index (χ3n) is 4.77. The maximum atomic E-state index is 12.3. The van der Waals surface area contributed by atoms with Crippen LogP contribution in [0.25, 0.3) is 0 Å². The molecule has 2 aromatic rings. The Bertz CT molecular complexity index is 771. The normalized spacial score (nSPS) is 14.3. The number of alkyl halides is 1. The minimum atomic E-state index is -2.94. The first kappa shape index (κ1) is 23.8. The van der Waals surface area contributed by atoms with Gasteiger partial charge in [0, 0.05) is 6.16 Å². The van der Waals surface area contributed by atoms with Crippen LogP contribution in [-0.4, -0.2) is 37.7 Å². The lowest BCUT2D eigenvalue weighted by Crippen LogP contribution is -2.68. The molecule has 0 aromatic heterocycles. The number of carboxylic acids is 1. The Balaban J connectivity index is 2.61. The van der Waals surface area contributed by atoms with Crippen molar-refractivity contribution in [2.24, 2.45) is 0 Å². The van der Waals surface area contributed by atoms with E-state index in [-0.39, 0.29) is 23.7 Å². The monoisotopic (exact) mass is 454 g/mol. The third kappa shape index (κ3) is 6.03. The molecule has 5 nitrogen and oxygen atoms in total. The zero-order chi connectivity index (χ0) is 21.5. The Kier molecular flexibility index (Phi) is 8.68. The zero-order valence-electron chi connectivity index (χ0n) is 16.9. The molecule has 8 heteroatoms. The van der Waals surface area contributed by atoms with Gasteiger partial charge in [0.15, 0.2) is 8.03 Å². The van der Waals surface area contributed by atoms with Gasteiger partial charge in [0.1, 0.15) is 6.07 Å². The first-order chi connectivity index (χ1) is 13.7. The quantitative estimate of drug-likeness (QED) is 0.332. The second-order valence-corrected chi connectivity index (χ2v) is 13.7. The van der Waals surface area contributed by atoms with Crippen LogP contribution in [0.1, 0.15) is 27.2 Å². The van der Waals surface area contributed by atoms with Crippen molar-refractivity contribution >= 4 is 44.3 Å². The van der Waals surface area contributed by atoms with Crippen LogP contribution in [0.2, 0.25) is 5.04 Å². The summed E-state index contributed by atoms with van der Waals surface area (Å²) in [5, 5.41) is 11.2. The van der Waals surface area contributed by atoms with Crippen molar-refractivity contribution in [3.8, 4) is 0 Å². The smallest absolute Gasteiger partial charge is 0.305 e. The van der Waals surface area contributed by atoms with E-state index in [2.05, 4.69) is 20.8 Å². The molecule has 0 aliphatic heterocycles. The van der Waals surface area contributed by atoms with E-state index in [4.69, 9.17) is 20.6 Å². The summed E-state index contributed by atoms with van der Waals surface area (Å²) in [6.07, 6.45) is -1.01. The largest absolute Gasteiger partial charge is 0.481 e. The molecule has 2 aromatic carbocycles. The van der Waals surface area contributed by atoms with Crippen molar-refractivity contribution in [3.63, 3.8) is 0 Å². The zero-order valence-corrected chi connectivity index (χ0v) is 19.7. The number of halogens is 1. The van der Waals surface area contributed by atoms with Gasteiger partial charge in [-0.2, -0.15) is 0 Å². The second-order valence-electron chi connectivity index (χ2n) is 7.83. The van der Waals surface area contributed by atoms with Crippen molar-refractivity contribution in [1.29, 1.82) is 0 Å². The lowest BCUT2D eigenvalue weighted by molar-refractivity contribution is -0.138. The number of benzene rings is 2. The first-order valence-electron chi connectivity index (χ1n) is 9.43. The van der Waals surface area contributed by atoms with Crippen molar-refractivity contribution in [2.45, 2.75) is 38.3 Å². The molecule has 0 radical (unpaired) electrons. The van der Waals surface area contributed by atoms with Crippen LogP contribution >= 0.6 is 19.6 Å². The lowest BCUT2D eigenvalue weighted by Gasteiger charge is -2.45.